The monoisotopic (exact) mass is 511 g/mol. The van der Waals surface area contributed by atoms with Crippen molar-refractivity contribution in [1.82, 2.24) is 9.47 Å². The SMILES string of the molecule is O=C1/C(=C\c2ccc3c(ccn3Cc3cccc(F)c3)c2)SC(=Nc2ccccc2)N1C[C@@H]1CCCO1. The minimum atomic E-state index is -0.231. The van der Waals surface area contributed by atoms with Gasteiger partial charge in [-0.2, -0.15) is 0 Å². The fraction of sp³-hybridized carbons (Fsp3) is 0.200. The molecule has 2 aliphatic heterocycles. The van der Waals surface area contributed by atoms with E-state index in [4.69, 9.17) is 9.73 Å². The van der Waals surface area contributed by atoms with Crippen LogP contribution in [0.2, 0.25) is 0 Å². The summed E-state index contributed by atoms with van der Waals surface area (Å²) in [6, 6.07) is 24.6. The van der Waals surface area contributed by atoms with Crippen molar-refractivity contribution < 1.29 is 13.9 Å². The Morgan fingerprint density at radius 2 is 1.95 bits per heavy atom. The first-order valence-corrected chi connectivity index (χ1v) is 13.2. The molecule has 6 rings (SSSR count). The highest BCUT2D eigenvalue weighted by Crippen LogP contribution is 2.35. The predicted octanol–water partition coefficient (Wildman–Crippen LogP) is 6.61. The summed E-state index contributed by atoms with van der Waals surface area (Å²) in [7, 11) is 0. The van der Waals surface area contributed by atoms with E-state index in [9.17, 15) is 9.18 Å². The number of benzene rings is 3. The molecule has 2 fully saturated rings. The quantitative estimate of drug-likeness (QED) is 0.274. The Kier molecular flexibility index (Phi) is 6.64. The van der Waals surface area contributed by atoms with Crippen LogP contribution in [0.15, 0.2) is 95.0 Å². The first-order valence-electron chi connectivity index (χ1n) is 12.4. The number of hydrogen-bond acceptors (Lipinski definition) is 4. The second-order valence-electron chi connectivity index (χ2n) is 9.28. The molecule has 2 aliphatic rings. The van der Waals surface area contributed by atoms with Gasteiger partial charge in [-0.05, 0) is 84.3 Å². The summed E-state index contributed by atoms with van der Waals surface area (Å²) in [5.41, 5.74) is 3.73. The van der Waals surface area contributed by atoms with E-state index in [2.05, 4.69) is 10.6 Å². The summed E-state index contributed by atoms with van der Waals surface area (Å²) in [4.78, 5) is 20.6. The Hall–Kier alpha value is -3.68. The van der Waals surface area contributed by atoms with E-state index in [1.165, 1.54) is 17.8 Å². The molecule has 7 heteroatoms. The lowest BCUT2D eigenvalue weighted by Crippen LogP contribution is -2.36. The van der Waals surface area contributed by atoms with Gasteiger partial charge in [0, 0.05) is 30.3 Å². The number of hydrogen-bond donors (Lipinski definition) is 0. The van der Waals surface area contributed by atoms with Crippen molar-refractivity contribution in [2.75, 3.05) is 13.2 Å². The molecule has 3 aromatic carbocycles. The molecule has 4 aromatic rings. The van der Waals surface area contributed by atoms with Crippen LogP contribution in [0.5, 0.6) is 0 Å². The van der Waals surface area contributed by atoms with Crippen molar-refractivity contribution in [2.45, 2.75) is 25.5 Å². The Morgan fingerprint density at radius 3 is 2.76 bits per heavy atom. The number of nitrogens with zero attached hydrogens (tertiary/aromatic N) is 3. The number of ether oxygens (including phenoxy) is 1. The third-order valence-corrected chi connectivity index (χ3v) is 7.62. The van der Waals surface area contributed by atoms with E-state index in [1.807, 2.05) is 66.9 Å². The number of amidine groups is 1. The summed E-state index contributed by atoms with van der Waals surface area (Å²) in [5, 5.41) is 1.75. The van der Waals surface area contributed by atoms with Gasteiger partial charge in [0.25, 0.3) is 5.91 Å². The predicted molar refractivity (Wildman–Crippen MR) is 147 cm³/mol. The fourth-order valence-corrected chi connectivity index (χ4v) is 5.79. The molecular weight excluding hydrogens is 485 g/mol. The third-order valence-electron chi connectivity index (χ3n) is 6.61. The molecule has 37 heavy (non-hydrogen) atoms. The Labute approximate surface area is 219 Å². The van der Waals surface area contributed by atoms with Crippen LogP contribution in [-0.2, 0) is 16.1 Å². The first kappa shape index (κ1) is 23.7. The Bertz CT molecular complexity index is 1510. The summed E-state index contributed by atoms with van der Waals surface area (Å²) in [6.07, 6.45) is 5.96. The van der Waals surface area contributed by atoms with Gasteiger partial charge < -0.3 is 9.30 Å². The molecule has 1 amide bonds. The minimum absolute atomic E-state index is 0.0408. The number of amides is 1. The lowest BCUT2D eigenvalue weighted by Gasteiger charge is -2.19. The summed E-state index contributed by atoms with van der Waals surface area (Å²) < 4.78 is 21.5. The molecule has 0 bridgehead atoms. The topological polar surface area (TPSA) is 46.8 Å². The number of fused-ring (bicyclic) bond motifs is 1. The zero-order valence-corrected chi connectivity index (χ0v) is 21.0. The fourth-order valence-electron chi connectivity index (χ4n) is 4.79. The highest BCUT2D eigenvalue weighted by atomic mass is 32.2. The van der Waals surface area contributed by atoms with Gasteiger partial charge in [0.15, 0.2) is 5.17 Å². The van der Waals surface area contributed by atoms with Gasteiger partial charge >= 0.3 is 0 Å². The summed E-state index contributed by atoms with van der Waals surface area (Å²) >= 11 is 1.40. The number of halogens is 1. The van der Waals surface area contributed by atoms with Crippen molar-refractivity contribution >= 4 is 45.5 Å². The van der Waals surface area contributed by atoms with Crippen LogP contribution in [0.25, 0.3) is 17.0 Å². The number of carbonyl (C=O) groups excluding carboxylic acids is 1. The zero-order chi connectivity index (χ0) is 25.2. The molecule has 186 valence electrons. The lowest BCUT2D eigenvalue weighted by atomic mass is 10.1. The average molecular weight is 512 g/mol. The zero-order valence-electron chi connectivity index (χ0n) is 20.2. The van der Waals surface area contributed by atoms with Crippen molar-refractivity contribution in [3.05, 3.63) is 107 Å². The molecule has 0 unspecified atom stereocenters. The maximum absolute atomic E-state index is 13.6. The maximum atomic E-state index is 13.6. The molecule has 0 aliphatic carbocycles. The minimum Gasteiger partial charge on any atom is -0.376 e. The van der Waals surface area contributed by atoms with E-state index in [0.29, 0.717) is 23.2 Å². The van der Waals surface area contributed by atoms with Crippen molar-refractivity contribution in [3.8, 4) is 0 Å². The van der Waals surface area contributed by atoms with Crippen LogP contribution < -0.4 is 0 Å². The van der Waals surface area contributed by atoms with E-state index >= 15 is 0 Å². The van der Waals surface area contributed by atoms with Gasteiger partial charge in [-0.15, -0.1) is 0 Å². The molecule has 0 radical (unpaired) electrons. The van der Waals surface area contributed by atoms with Gasteiger partial charge in [-0.3, -0.25) is 9.69 Å². The first-order chi connectivity index (χ1) is 18.1. The number of carbonyl (C=O) groups is 1. The highest BCUT2D eigenvalue weighted by Gasteiger charge is 2.35. The number of thioether (sulfide) groups is 1. The summed E-state index contributed by atoms with van der Waals surface area (Å²) in [5.74, 6) is -0.274. The van der Waals surface area contributed by atoms with Crippen LogP contribution in [0, 0.1) is 5.82 Å². The van der Waals surface area contributed by atoms with E-state index in [0.717, 1.165) is 47.2 Å². The lowest BCUT2D eigenvalue weighted by molar-refractivity contribution is -0.123. The number of para-hydroxylation sites is 1. The van der Waals surface area contributed by atoms with E-state index in [1.54, 1.807) is 17.0 Å². The van der Waals surface area contributed by atoms with Crippen LogP contribution in [0.3, 0.4) is 0 Å². The smallest absolute Gasteiger partial charge is 0.266 e. The van der Waals surface area contributed by atoms with Gasteiger partial charge in [0.05, 0.1) is 23.2 Å². The molecule has 3 heterocycles. The number of rotatable bonds is 6. The van der Waals surface area contributed by atoms with Gasteiger partial charge in [0.2, 0.25) is 0 Å². The molecule has 0 saturated carbocycles. The molecule has 5 nitrogen and oxygen atoms in total. The normalized spacial score (nSPS) is 20.1. The van der Waals surface area contributed by atoms with Crippen LogP contribution in [-0.4, -0.2) is 39.8 Å². The van der Waals surface area contributed by atoms with Crippen LogP contribution >= 0.6 is 11.8 Å². The summed E-state index contributed by atoms with van der Waals surface area (Å²) in [6.45, 7) is 1.84. The molecule has 1 aromatic heterocycles. The van der Waals surface area contributed by atoms with Crippen LogP contribution in [0.4, 0.5) is 10.1 Å². The average Bonchev–Trinajstić information content (AvgIpc) is 3.62. The maximum Gasteiger partial charge on any atom is 0.266 e. The van der Waals surface area contributed by atoms with Gasteiger partial charge in [-0.25, -0.2) is 9.38 Å². The number of aromatic nitrogens is 1. The molecule has 0 spiro atoms. The van der Waals surface area contributed by atoms with Crippen LogP contribution in [0.1, 0.15) is 24.0 Å². The van der Waals surface area contributed by atoms with E-state index in [-0.39, 0.29) is 17.8 Å². The second-order valence-corrected chi connectivity index (χ2v) is 10.3. The van der Waals surface area contributed by atoms with Crippen molar-refractivity contribution in [3.63, 3.8) is 0 Å². The van der Waals surface area contributed by atoms with Crippen molar-refractivity contribution in [1.29, 1.82) is 0 Å². The standard InChI is InChI=1S/C30H26FN3O2S/c31-24-7-4-6-22(17-24)19-33-14-13-23-16-21(11-12-27(23)33)18-28-29(35)34(20-26-10-5-15-36-26)30(37-28)32-25-8-2-1-3-9-25/h1-4,6-9,11-14,16-18,26H,5,10,15,19-20H2/b28-18+,32-30?/t26-/m0/s1. The largest absolute Gasteiger partial charge is 0.376 e. The van der Waals surface area contributed by atoms with E-state index < -0.39 is 0 Å². The van der Waals surface area contributed by atoms with Gasteiger partial charge in [0.1, 0.15) is 5.82 Å². The number of aliphatic imine (C=N–C) groups is 1. The molecule has 0 N–H and O–H groups in total. The highest BCUT2D eigenvalue weighted by molar-refractivity contribution is 8.18. The Morgan fingerprint density at radius 1 is 1.05 bits per heavy atom. The molecule has 1 atom stereocenters. The molecule has 2 saturated heterocycles. The Balaban J connectivity index is 1.27. The molecular formula is C30H26FN3O2S. The third kappa shape index (κ3) is 5.24. The van der Waals surface area contributed by atoms with Gasteiger partial charge in [-0.1, -0.05) is 36.4 Å². The van der Waals surface area contributed by atoms with Crippen molar-refractivity contribution in [2.24, 2.45) is 4.99 Å². The second kappa shape index (κ2) is 10.4.